The lowest BCUT2D eigenvalue weighted by atomic mass is 9.98. The van der Waals surface area contributed by atoms with Gasteiger partial charge in [0, 0.05) is 17.8 Å². The van der Waals surface area contributed by atoms with Crippen molar-refractivity contribution in [3.05, 3.63) is 34.5 Å². The first-order chi connectivity index (χ1) is 10.5. The molecule has 3 rings (SSSR count). The van der Waals surface area contributed by atoms with E-state index in [0.29, 0.717) is 24.3 Å². The van der Waals surface area contributed by atoms with Crippen molar-refractivity contribution >= 4 is 33.3 Å². The smallest absolute Gasteiger partial charge is 0.308 e. The summed E-state index contributed by atoms with van der Waals surface area (Å²) in [7, 11) is 0. The molecule has 2 aromatic rings. The number of fused-ring (bicyclic) bond motifs is 1. The van der Waals surface area contributed by atoms with Gasteiger partial charge in [0.15, 0.2) is 0 Å². The maximum Gasteiger partial charge on any atom is 0.308 e. The number of benzene rings is 1. The minimum absolute atomic E-state index is 0.148. The van der Waals surface area contributed by atoms with E-state index in [1.165, 1.54) is 23.5 Å². The summed E-state index contributed by atoms with van der Waals surface area (Å²) in [4.78, 5) is 26.0. The first kappa shape index (κ1) is 15.0. The molecule has 1 aromatic carbocycles. The van der Waals surface area contributed by atoms with Crippen molar-refractivity contribution < 1.29 is 19.1 Å². The summed E-state index contributed by atoms with van der Waals surface area (Å²) in [6.07, 6.45) is 1.30. The van der Waals surface area contributed by atoms with E-state index in [9.17, 15) is 14.0 Å². The van der Waals surface area contributed by atoms with Crippen LogP contribution in [0.3, 0.4) is 0 Å². The molecule has 0 radical (unpaired) electrons. The molecule has 0 aliphatic carbocycles. The van der Waals surface area contributed by atoms with E-state index in [2.05, 4.69) is 0 Å². The Morgan fingerprint density at radius 2 is 2.18 bits per heavy atom. The fourth-order valence-corrected chi connectivity index (χ4v) is 4.06. The van der Waals surface area contributed by atoms with E-state index in [1.54, 1.807) is 11.0 Å². The SMILES string of the molecule is Cc1c(C(=O)N2CCCC(C(=O)O)C2)sc2ccc(F)cc12. The van der Waals surface area contributed by atoms with Crippen molar-refractivity contribution in [2.24, 2.45) is 5.92 Å². The van der Waals surface area contributed by atoms with Crippen LogP contribution in [0.25, 0.3) is 10.1 Å². The minimum Gasteiger partial charge on any atom is -0.481 e. The van der Waals surface area contributed by atoms with Crippen molar-refractivity contribution in [1.82, 2.24) is 4.90 Å². The van der Waals surface area contributed by atoms with Gasteiger partial charge in [-0.25, -0.2) is 4.39 Å². The number of hydrogen-bond acceptors (Lipinski definition) is 3. The number of nitrogens with zero attached hydrogens (tertiary/aromatic N) is 1. The Morgan fingerprint density at radius 1 is 1.41 bits per heavy atom. The fraction of sp³-hybridized carbons (Fsp3) is 0.375. The van der Waals surface area contributed by atoms with Crippen molar-refractivity contribution in [3.63, 3.8) is 0 Å². The summed E-state index contributed by atoms with van der Waals surface area (Å²) in [5, 5.41) is 9.88. The summed E-state index contributed by atoms with van der Waals surface area (Å²) >= 11 is 1.34. The van der Waals surface area contributed by atoms with E-state index >= 15 is 0 Å². The number of thiophene rings is 1. The zero-order valence-corrected chi connectivity index (χ0v) is 13.0. The number of aliphatic carboxylic acids is 1. The van der Waals surface area contributed by atoms with Crippen LogP contribution in [0.2, 0.25) is 0 Å². The van der Waals surface area contributed by atoms with Gasteiger partial charge in [-0.05, 0) is 48.9 Å². The van der Waals surface area contributed by atoms with Crippen LogP contribution in [0, 0.1) is 18.7 Å². The van der Waals surface area contributed by atoms with E-state index in [0.717, 1.165) is 15.6 Å². The number of piperidine rings is 1. The molecular weight excluding hydrogens is 305 g/mol. The van der Waals surface area contributed by atoms with Crippen LogP contribution >= 0.6 is 11.3 Å². The average molecular weight is 321 g/mol. The minimum atomic E-state index is -0.854. The van der Waals surface area contributed by atoms with Crippen LogP contribution in [0.5, 0.6) is 0 Å². The van der Waals surface area contributed by atoms with Gasteiger partial charge in [0.05, 0.1) is 10.8 Å². The molecule has 1 aliphatic heterocycles. The normalized spacial score (nSPS) is 18.6. The molecule has 1 fully saturated rings. The molecule has 0 bridgehead atoms. The Labute approximate surface area is 131 Å². The number of aryl methyl sites for hydroxylation is 1. The summed E-state index contributed by atoms with van der Waals surface area (Å²) in [6, 6.07) is 4.50. The number of carbonyl (C=O) groups excluding carboxylic acids is 1. The van der Waals surface area contributed by atoms with Crippen LogP contribution in [0.15, 0.2) is 18.2 Å². The van der Waals surface area contributed by atoms with Gasteiger partial charge >= 0.3 is 5.97 Å². The van der Waals surface area contributed by atoms with Gasteiger partial charge in [-0.3, -0.25) is 9.59 Å². The maximum atomic E-state index is 13.4. The molecule has 1 aromatic heterocycles. The lowest BCUT2D eigenvalue weighted by molar-refractivity contribution is -0.143. The molecule has 116 valence electrons. The molecule has 0 saturated carbocycles. The maximum absolute atomic E-state index is 13.4. The fourth-order valence-electron chi connectivity index (χ4n) is 2.90. The molecule has 1 saturated heterocycles. The van der Waals surface area contributed by atoms with Crippen LogP contribution in [-0.2, 0) is 4.79 Å². The van der Waals surface area contributed by atoms with Gasteiger partial charge < -0.3 is 10.0 Å². The van der Waals surface area contributed by atoms with Gasteiger partial charge in [0.1, 0.15) is 5.82 Å². The lowest BCUT2D eigenvalue weighted by Crippen LogP contribution is -2.42. The predicted molar refractivity (Wildman–Crippen MR) is 82.8 cm³/mol. The Morgan fingerprint density at radius 3 is 2.91 bits per heavy atom. The first-order valence-electron chi connectivity index (χ1n) is 7.18. The largest absolute Gasteiger partial charge is 0.481 e. The Hall–Kier alpha value is -1.95. The molecule has 4 nitrogen and oxygen atoms in total. The molecule has 22 heavy (non-hydrogen) atoms. The zero-order chi connectivity index (χ0) is 15.9. The summed E-state index contributed by atoms with van der Waals surface area (Å²) in [5.41, 5.74) is 0.766. The second-order valence-corrected chi connectivity index (χ2v) is 6.68. The van der Waals surface area contributed by atoms with Gasteiger partial charge in [-0.15, -0.1) is 11.3 Å². The highest BCUT2D eigenvalue weighted by Crippen LogP contribution is 2.33. The molecule has 1 atom stereocenters. The van der Waals surface area contributed by atoms with E-state index in [1.807, 2.05) is 6.92 Å². The molecule has 6 heteroatoms. The zero-order valence-electron chi connectivity index (χ0n) is 12.1. The van der Waals surface area contributed by atoms with Crippen molar-refractivity contribution in [3.8, 4) is 0 Å². The summed E-state index contributed by atoms with van der Waals surface area (Å²) < 4.78 is 14.2. The number of amides is 1. The van der Waals surface area contributed by atoms with E-state index in [4.69, 9.17) is 5.11 Å². The summed E-state index contributed by atoms with van der Waals surface area (Å²) in [5.74, 6) is -1.82. The van der Waals surface area contributed by atoms with Gasteiger partial charge in [-0.2, -0.15) is 0 Å². The quantitative estimate of drug-likeness (QED) is 0.923. The third-order valence-corrected chi connectivity index (χ3v) is 5.41. The average Bonchev–Trinajstić information content (AvgIpc) is 2.83. The third-order valence-electron chi connectivity index (χ3n) is 4.15. The van der Waals surface area contributed by atoms with Crippen LogP contribution in [-0.4, -0.2) is 35.0 Å². The lowest BCUT2D eigenvalue weighted by Gasteiger charge is -2.30. The standard InChI is InChI=1S/C16H16FNO3S/c1-9-12-7-11(17)4-5-13(12)22-14(9)15(19)18-6-2-3-10(8-18)16(20)21/h4-5,7,10H,2-3,6,8H2,1H3,(H,20,21). The number of halogens is 1. The second-order valence-electron chi connectivity index (χ2n) is 5.63. The third kappa shape index (κ3) is 2.59. The predicted octanol–water partition coefficient (Wildman–Crippen LogP) is 3.29. The number of likely N-dealkylation sites (tertiary alicyclic amines) is 1. The second kappa shape index (κ2) is 5.68. The van der Waals surface area contributed by atoms with E-state index in [-0.39, 0.29) is 18.3 Å². The molecule has 1 unspecified atom stereocenters. The Balaban J connectivity index is 1.92. The van der Waals surface area contributed by atoms with Crippen LogP contribution < -0.4 is 0 Å². The first-order valence-corrected chi connectivity index (χ1v) is 7.99. The topological polar surface area (TPSA) is 57.6 Å². The molecule has 1 aliphatic rings. The van der Waals surface area contributed by atoms with Crippen molar-refractivity contribution in [2.45, 2.75) is 19.8 Å². The summed E-state index contributed by atoms with van der Waals surface area (Å²) in [6.45, 7) is 2.63. The highest BCUT2D eigenvalue weighted by Gasteiger charge is 2.30. The number of hydrogen-bond donors (Lipinski definition) is 1. The number of carboxylic acids is 1. The Kier molecular flexibility index (Phi) is 3.87. The molecule has 2 heterocycles. The van der Waals surface area contributed by atoms with Crippen LogP contribution in [0.1, 0.15) is 28.1 Å². The molecular formula is C16H16FNO3S. The molecule has 0 spiro atoms. The van der Waals surface area contributed by atoms with Crippen molar-refractivity contribution in [1.29, 1.82) is 0 Å². The highest BCUT2D eigenvalue weighted by atomic mass is 32.1. The molecule has 1 amide bonds. The van der Waals surface area contributed by atoms with Crippen molar-refractivity contribution in [2.75, 3.05) is 13.1 Å². The number of carboxylic acid groups (broad SMARTS) is 1. The Bertz CT molecular complexity index is 755. The molecule has 1 N–H and O–H groups in total. The number of rotatable bonds is 2. The monoisotopic (exact) mass is 321 g/mol. The van der Waals surface area contributed by atoms with Gasteiger partial charge in [0.25, 0.3) is 5.91 Å². The van der Waals surface area contributed by atoms with Gasteiger partial charge in [-0.1, -0.05) is 0 Å². The van der Waals surface area contributed by atoms with E-state index < -0.39 is 11.9 Å². The number of carbonyl (C=O) groups is 2. The van der Waals surface area contributed by atoms with Crippen LogP contribution in [0.4, 0.5) is 4.39 Å². The highest BCUT2D eigenvalue weighted by molar-refractivity contribution is 7.21. The van der Waals surface area contributed by atoms with Gasteiger partial charge in [0.2, 0.25) is 0 Å².